The van der Waals surface area contributed by atoms with Crippen molar-refractivity contribution in [3.63, 3.8) is 0 Å². The highest BCUT2D eigenvalue weighted by Gasteiger charge is 2.22. The van der Waals surface area contributed by atoms with Gasteiger partial charge in [-0.2, -0.15) is 0 Å². The summed E-state index contributed by atoms with van der Waals surface area (Å²) >= 11 is 0. The fraction of sp³-hybridized carbons (Fsp3) is 0.846. The van der Waals surface area contributed by atoms with Crippen molar-refractivity contribution in [2.75, 3.05) is 13.2 Å². The lowest BCUT2D eigenvalue weighted by molar-refractivity contribution is -0.161. The third-order valence-corrected chi connectivity index (χ3v) is 8.93. The molecule has 0 saturated heterocycles. The molecule has 0 aromatic heterocycles. The summed E-state index contributed by atoms with van der Waals surface area (Å²) in [6.07, 6.45) is 38.9. The first kappa shape index (κ1) is 46.5. The van der Waals surface area contributed by atoms with E-state index >= 15 is 0 Å². The van der Waals surface area contributed by atoms with Gasteiger partial charge in [-0.3, -0.25) is 14.1 Å². The van der Waals surface area contributed by atoms with Gasteiger partial charge in [0, 0.05) is 12.8 Å². The van der Waals surface area contributed by atoms with Crippen LogP contribution in [0.5, 0.6) is 0 Å². The van der Waals surface area contributed by atoms with Gasteiger partial charge in [0.25, 0.3) is 0 Å². The molecule has 0 aromatic rings. The third-order valence-electron chi connectivity index (χ3n) is 8.44. The van der Waals surface area contributed by atoms with Crippen molar-refractivity contribution < 1.29 is 37.9 Å². The van der Waals surface area contributed by atoms with Gasteiger partial charge in [0.2, 0.25) is 0 Å². The molecule has 0 spiro atoms. The monoisotopic (exact) mass is 701 g/mol. The van der Waals surface area contributed by atoms with Gasteiger partial charge in [-0.25, -0.2) is 4.57 Å². The second-order valence-electron chi connectivity index (χ2n) is 13.2. The van der Waals surface area contributed by atoms with Gasteiger partial charge < -0.3 is 19.3 Å². The van der Waals surface area contributed by atoms with Crippen molar-refractivity contribution in [3.05, 3.63) is 24.3 Å². The summed E-state index contributed by atoms with van der Waals surface area (Å²) in [7, 11) is -4.75. The molecule has 0 aliphatic heterocycles. The summed E-state index contributed by atoms with van der Waals surface area (Å²) in [4.78, 5) is 42.7. The summed E-state index contributed by atoms with van der Waals surface area (Å²) in [6, 6.07) is 0. The molecule has 1 atom stereocenters. The summed E-state index contributed by atoms with van der Waals surface area (Å²) in [5.74, 6) is -0.896. The molecule has 48 heavy (non-hydrogen) atoms. The molecule has 0 rings (SSSR count). The number of ether oxygens (including phenoxy) is 2. The predicted octanol–water partition coefficient (Wildman–Crippen LogP) is 11.6. The number of phosphoric acid groups is 1. The summed E-state index contributed by atoms with van der Waals surface area (Å²) < 4.78 is 26.3. The number of hydrogen-bond acceptors (Lipinski definition) is 6. The van der Waals surface area contributed by atoms with Crippen LogP contribution >= 0.6 is 7.82 Å². The molecule has 0 heterocycles. The van der Waals surface area contributed by atoms with E-state index in [-0.39, 0.29) is 19.4 Å². The van der Waals surface area contributed by atoms with Crippen molar-refractivity contribution in [1.29, 1.82) is 0 Å². The number of phosphoric ester groups is 1. The van der Waals surface area contributed by atoms with Gasteiger partial charge in [0.1, 0.15) is 6.61 Å². The number of rotatable bonds is 36. The molecular weight excluding hydrogens is 627 g/mol. The standard InChI is InChI=1S/C39H73O8P/c1-3-5-7-9-11-13-15-17-19-21-23-25-27-29-31-33-38(40)45-35-37(36-46-48(42,43)44)47-39(41)34-32-30-28-26-24-22-20-18-16-14-12-10-8-6-4-2/h14,16-17,19,37H,3-13,15,18,20-36H2,1-2H3,(H2,42,43,44). The predicted molar refractivity (Wildman–Crippen MR) is 198 cm³/mol. The average molecular weight is 701 g/mol. The highest BCUT2D eigenvalue weighted by atomic mass is 31.2. The average Bonchev–Trinajstić information content (AvgIpc) is 3.05. The molecule has 282 valence electrons. The van der Waals surface area contributed by atoms with E-state index in [0.29, 0.717) is 12.8 Å². The minimum Gasteiger partial charge on any atom is -0.462 e. The Labute approximate surface area is 294 Å². The van der Waals surface area contributed by atoms with Gasteiger partial charge in [-0.05, 0) is 64.2 Å². The highest BCUT2D eigenvalue weighted by Crippen LogP contribution is 2.36. The number of allylic oxidation sites excluding steroid dienone is 4. The zero-order chi connectivity index (χ0) is 35.4. The van der Waals surface area contributed by atoms with Crippen LogP contribution in [0.2, 0.25) is 0 Å². The van der Waals surface area contributed by atoms with Crippen LogP contribution in [-0.4, -0.2) is 41.0 Å². The Balaban J connectivity index is 3.96. The van der Waals surface area contributed by atoms with E-state index in [9.17, 15) is 14.2 Å². The summed E-state index contributed by atoms with van der Waals surface area (Å²) in [5.41, 5.74) is 0. The van der Waals surface area contributed by atoms with Gasteiger partial charge in [-0.1, -0.05) is 141 Å². The zero-order valence-electron chi connectivity index (χ0n) is 30.9. The second kappa shape index (κ2) is 35.4. The Hall–Kier alpha value is -1.47. The SMILES string of the molecule is CCCCCCC=CCCCCCCCCCC(=O)OC(COC(=O)CCCCCCCC=CCCCCCCCC)COP(=O)(O)O. The minimum absolute atomic E-state index is 0.207. The zero-order valence-corrected chi connectivity index (χ0v) is 31.8. The number of carbonyl (C=O) groups excluding carboxylic acids is 2. The summed E-state index contributed by atoms with van der Waals surface area (Å²) in [5, 5.41) is 0. The first-order valence-electron chi connectivity index (χ1n) is 19.6. The van der Waals surface area contributed by atoms with E-state index in [1.807, 2.05) is 0 Å². The van der Waals surface area contributed by atoms with E-state index in [2.05, 4.69) is 42.7 Å². The Bertz CT molecular complexity index is 838. The number of esters is 2. The highest BCUT2D eigenvalue weighted by molar-refractivity contribution is 7.46. The van der Waals surface area contributed by atoms with Gasteiger partial charge in [-0.15, -0.1) is 0 Å². The van der Waals surface area contributed by atoms with Crippen LogP contribution in [0.1, 0.15) is 194 Å². The molecule has 0 aliphatic carbocycles. The first-order valence-corrected chi connectivity index (χ1v) is 21.2. The normalized spacial score (nSPS) is 12.7. The molecule has 0 aliphatic rings. The molecule has 0 saturated carbocycles. The first-order chi connectivity index (χ1) is 23.3. The maximum Gasteiger partial charge on any atom is 0.469 e. The number of carbonyl (C=O) groups is 2. The quantitative estimate of drug-likeness (QED) is 0.0287. The molecule has 2 N–H and O–H groups in total. The maximum atomic E-state index is 12.4. The number of unbranched alkanes of at least 4 members (excludes halogenated alkanes) is 22. The fourth-order valence-corrected chi connectivity index (χ4v) is 5.84. The van der Waals surface area contributed by atoms with Crippen LogP contribution < -0.4 is 0 Å². The van der Waals surface area contributed by atoms with Crippen LogP contribution in [0.4, 0.5) is 0 Å². The van der Waals surface area contributed by atoms with E-state index in [1.165, 1.54) is 96.3 Å². The molecule has 8 nitrogen and oxygen atoms in total. The smallest absolute Gasteiger partial charge is 0.462 e. The van der Waals surface area contributed by atoms with Crippen molar-refractivity contribution in [1.82, 2.24) is 0 Å². The molecule has 0 amide bonds. The lowest BCUT2D eigenvalue weighted by atomic mass is 10.1. The summed E-state index contributed by atoms with van der Waals surface area (Å²) in [6.45, 7) is 3.66. The van der Waals surface area contributed by atoms with Crippen molar-refractivity contribution in [2.24, 2.45) is 0 Å². The van der Waals surface area contributed by atoms with Crippen LogP contribution in [-0.2, 0) is 28.2 Å². The Morgan fingerprint density at radius 2 is 0.875 bits per heavy atom. The molecular formula is C39H73O8P. The number of hydrogen-bond donors (Lipinski definition) is 2. The van der Waals surface area contributed by atoms with Crippen LogP contribution in [0.15, 0.2) is 24.3 Å². The van der Waals surface area contributed by atoms with Crippen molar-refractivity contribution >= 4 is 19.8 Å². The van der Waals surface area contributed by atoms with Gasteiger partial charge in [0.15, 0.2) is 6.10 Å². The molecule has 0 radical (unpaired) electrons. The van der Waals surface area contributed by atoms with Crippen LogP contribution in [0, 0.1) is 0 Å². The topological polar surface area (TPSA) is 119 Å². The van der Waals surface area contributed by atoms with Gasteiger partial charge >= 0.3 is 19.8 Å². The Morgan fingerprint density at radius 1 is 0.521 bits per heavy atom. The molecule has 1 unspecified atom stereocenters. The lowest BCUT2D eigenvalue weighted by Crippen LogP contribution is -2.29. The molecule has 9 heteroatoms. The Morgan fingerprint density at radius 3 is 1.29 bits per heavy atom. The van der Waals surface area contributed by atoms with E-state index < -0.39 is 32.5 Å². The van der Waals surface area contributed by atoms with Gasteiger partial charge in [0.05, 0.1) is 6.61 Å². The maximum absolute atomic E-state index is 12.4. The lowest BCUT2D eigenvalue weighted by Gasteiger charge is -2.18. The molecule has 0 fully saturated rings. The van der Waals surface area contributed by atoms with Crippen LogP contribution in [0.3, 0.4) is 0 Å². The largest absolute Gasteiger partial charge is 0.469 e. The second-order valence-corrected chi connectivity index (χ2v) is 14.5. The van der Waals surface area contributed by atoms with E-state index in [0.717, 1.165) is 57.8 Å². The molecule has 0 aromatic carbocycles. The Kier molecular flexibility index (Phi) is 34.3. The van der Waals surface area contributed by atoms with Crippen molar-refractivity contribution in [3.8, 4) is 0 Å². The minimum atomic E-state index is -4.75. The third kappa shape index (κ3) is 37.4. The molecule has 0 bridgehead atoms. The van der Waals surface area contributed by atoms with Crippen molar-refractivity contribution in [2.45, 2.75) is 200 Å². The van der Waals surface area contributed by atoms with E-state index in [1.54, 1.807) is 0 Å². The van der Waals surface area contributed by atoms with E-state index in [4.69, 9.17) is 19.3 Å². The van der Waals surface area contributed by atoms with Crippen LogP contribution in [0.25, 0.3) is 0 Å². The fourth-order valence-electron chi connectivity index (χ4n) is 5.48.